The Morgan fingerprint density at radius 3 is 2.41 bits per heavy atom. The fraction of sp³-hybridized carbons (Fsp3) is 0.250. The van der Waals surface area contributed by atoms with Gasteiger partial charge in [0.25, 0.3) is 0 Å². The topological polar surface area (TPSA) is 114 Å². The molecular weight excluding hydrogens is 427 g/mol. The van der Waals surface area contributed by atoms with Crippen molar-refractivity contribution < 1.29 is 22.7 Å². The number of carbonyl (C=O) groups excluding carboxylic acids is 1. The molecule has 1 aromatic carbocycles. The normalized spacial score (nSPS) is 11.1. The highest BCUT2D eigenvalue weighted by Crippen LogP contribution is 2.37. The van der Waals surface area contributed by atoms with E-state index < -0.39 is 17.6 Å². The Labute approximate surface area is 181 Å². The van der Waals surface area contributed by atoms with Crippen molar-refractivity contribution in [1.29, 1.82) is 0 Å². The van der Waals surface area contributed by atoms with Crippen molar-refractivity contribution in [3.05, 3.63) is 47.3 Å². The molecule has 12 heteroatoms. The second kappa shape index (κ2) is 9.04. The molecule has 3 aromatic rings. The Hall–Kier alpha value is -3.96. The maximum Gasteiger partial charge on any atom is 0.421 e. The number of amides is 1. The van der Waals surface area contributed by atoms with Gasteiger partial charge in [0.05, 0.1) is 18.5 Å². The van der Waals surface area contributed by atoms with Gasteiger partial charge in [-0.2, -0.15) is 23.1 Å². The maximum atomic E-state index is 13.6. The first-order valence-corrected chi connectivity index (χ1v) is 9.31. The van der Waals surface area contributed by atoms with Crippen molar-refractivity contribution in [1.82, 2.24) is 19.9 Å². The highest BCUT2D eigenvalue weighted by atomic mass is 19.4. The molecule has 0 aliphatic carbocycles. The predicted octanol–water partition coefficient (Wildman–Crippen LogP) is 4.36. The van der Waals surface area contributed by atoms with E-state index >= 15 is 0 Å². The summed E-state index contributed by atoms with van der Waals surface area (Å²) in [5.41, 5.74) is 0.897. The first-order chi connectivity index (χ1) is 15.1. The number of nitrogens with one attached hydrogen (secondary N) is 3. The van der Waals surface area contributed by atoms with Gasteiger partial charge in [0.1, 0.15) is 17.2 Å². The van der Waals surface area contributed by atoms with Crippen LogP contribution in [-0.4, -0.2) is 33.0 Å². The summed E-state index contributed by atoms with van der Waals surface area (Å²) < 4.78 is 45.8. The fourth-order valence-corrected chi connectivity index (χ4v) is 2.69. The van der Waals surface area contributed by atoms with Crippen LogP contribution >= 0.6 is 0 Å². The van der Waals surface area contributed by atoms with Crippen LogP contribution in [0.4, 0.5) is 42.1 Å². The first-order valence-electron chi connectivity index (χ1n) is 9.31. The van der Waals surface area contributed by atoms with E-state index in [1.807, 2.05) is 0 Å². The molecule has 0 spiro atoms. The zero-order valence-corrected chi connectivity index (χ0v) is 17.6. The number of benzene rings is 1. The summed E-state index contributed by atoms with van der Waals surface area (Å²) in [7, 11) is 1.39. The lowest BCUT2D eigenvalue weighted by Crippen LogP contribution is -2.14. The third kappa shape index (κ3) is 5.39. The molecule has 168 valence electrons. The Bertz CT molecular complexity index is 1150. The largest absolute Gasteiger partial charge is 0.467 e. The lowest BCUT2D eigenvalue weighted by atomic mass is 10.1. The van der Waals surface area contributed by atoms with Gasteiger partial charge in [-0.15, -0.1) is 0 Å². The molecular formula is C20H20F3N7O2. The van der Waals surface area contributed by atoms with Gasteiger partial charge in [-0.25, -0.2) is 9.97 Å². The second-order valence-corrected chi connectivity index (χ2v) is 6.82. The average molecular weight is 447 g/mol. The number of rotatable bonds is 6. The number of alkyl halides is 3. The summed E-state index contributed by atoms with van der Waals surface area (Å²) in [4.78, 5) is 27.4. The van der Waals surface area contributed by atoms with Crippen LogP contribution in [0.1, 0.15) is 23.6 Å². The van der Waals surface area contributed by atoms with Crippen LogP contribution in [0.25, 0.3) is 0 Å². The smallest absolute Gasteiger partial charge is 0.421 e. The number of carbonyl (C=O) groups is 1. The molecule has 1 amide bonds. The number of aryl methyl sites for hydroxylation is 2. The van der Waals surface area contributed by atoms with Crippen molar-refractivity contribution in [2.24, 2.45) is 0 Å². The summed E-state index contributed by atoms with van der Waals surface area (Å²) in [6, 6.07) is 4.95. The van der Waals surface area contributed by atoms with Gasteiger partial charge in [0.15, 0.2) is 0 Å². The SMILES string of the molecule is COc1ncc(C)c(Nc2ncc(C(F)(F)F)c(Nc3ccc(C)cc3NC(C)=O)n2)n1. The minimum Gasteiger partial charge on any atom is -0.467 e. The van der Waals surface area contributed by atoms with Gasteiger partial charge in [-0.3, -0.25) is 4.79 Å². The number of halogens is 3. The van der Waals surface area contributed by atoms with Crippen molar-refractivity contribution in [3.8, 4) is 6.01 Å². The van der Waals surface area contributed by atoms with E-state index in [-0.39, 0.29) is 29.4 Å². The van der Waals surface area contributed by atoms with Crippen LogP contribution < -0.4 is 20.7 Å². The standard InChI is InChI=1S/C20H20F3N7O2/c1-10-5-6-14(15(7-10)26-12(3)31)27-17-13(20(21,22)23)9-24-18(29-17)28-16-11(2)8-25-19(30-16)32-4/h5-9H,1-4H3,(H,26,31)(H2,24,25,27,28,29,30). The van der Waals surface area contributed by atoms with Gasteiger partial charge in [-0.1, -0.05) is 6.07 Å². The minimum atomic E-state index is -4.71. The van der Waals surface area contributed by atoms with Crippen molar-refractivity contribution in [2.45, 2.75) is 26.9 Å². The number of ether oxygens (including phenoxy) is 1. The molecule has 0 radical (unpaired) electrons. The number of hydrogen-bond acceptors (Lipinski definition) is 8. The summed E-state index contributed by atoms with van der Waals surface area (Å²) >= 11 is 0. The zero-order chi connectivity index (χ0) is 23.5. The Morgan fingerprint density at radius 1 is 1.00 bits per heavy atom. The van der Waals surface area contributed by atoms with Crippen LogP contribution in [0.15, 0.2) is 30.6 Å². The van der Waals surface area contributed by atoms with E-state index in [1.165, 1.54) is 20.2 Å². The first kappa shape index (κ1) is 22.7. The Balaban J connectivity index is 2.02. The van der Waals surface area contributed by atoms with Crippen molar-refractivity contribution in [3.63, 3.8) is 0 Å². The zero-order valence-electron chi connectivity index (χ0n) is 17.6. The molecule has 0 aliphatic rings. The molecule has 0 bridgehead atoms. The molecule has 2 aromatic heterocycles. The number of hydrogen-bond donors (Lipinski definition) is 3. The summed E-state index contributed by atoms with van der Waals surface area (Å²) in [6.07, 6.45) is -2.56. The van der Waals surface area contributed by atoms with Crippen LogP contribution in [0.5, 0.6) is 6.01 Å². The van der Waals surface area contributed by atoms with E-state index in [9.17, 15) is 18.0 Å². The molecule has 3 rings (SSSR count). The van der Waals surface area contributed by atoms with Crippen molar-refractivity contribution >= 4 is 34.9 Å². The van der Waals surface area contributed by atoms with Gasteiger partial charge in [0.2, 0.25) is 11.9 Å². The van der Waals surface area contributed by atoms with Crippen LogP contribution in [0.3, 0.4) is 0 Å². The summed E-state index contributed by atoms with van der Waals surface area (Å²) in [6.45, 7) is 4.80. The third-order valence-electron chi connectivity index (χ3n) is 4.20. The molecule has 9 nitrogen and oxygen atoms in total. The highest BCUT2D eigenvalue weighted by Gasteiger charge is 2.35. The van der Waals surface area contributed by atoms with E-state index in [0.29, 0.717) is 17.4 Å². The molecule has 0 atom stereocenters. The highest BCUT2D eigenvalue weighted by molar-refractivity contribution is 5.93. The van der Waals surface area contributed by atoms with Gasteiger partial charge in [-0.05, 0) is 31.5 Å². The average Bonchev–Trinajstić information content (AvgIpc) is 2.70. The lowest BCUT2D eigenvalue weighted by molar-refractivity contribution is -0.137. The minimum absolute atomic E-state index is 0.0722. The predicted molar refractivity (Wildman–Crippen MR) is 112 cm³/mol. The fourth-order valence-electron chi connectivity index (χ4n) is 2.69. The van der Waals surface area contributed by atoms with Crippen molar-refractivity contribution in [2.75, 3.05) is 23.1 Å². The number of methoxy groups -OCH3 is 1. The monoisotopic (exact) mass is 447 g/mol. The van der Waals surface area contributed by atoms with Gasteiger partial charge < -0.3 is 20.7 Å². The number of aromatic nitrogens is 4. The summed E-state index contributed by atoms with van der Waals surface area (Å²) in [5.74, 6) is -0.716. The van der Waals surface area contributed by atoms with Crippen LogP contribution in [0, 0.1) is 13.8 Å². The molecule has 0 saturated heterocycles. The molecule has 2 heterocycles. The molecule has 0 fully saturated rings. The molecule has 0 unspecified atom stereocenters. The van der Waals surface area contributed by atoms with Crippen LogP contribution in [0.2, 0.25) is 0 Å². The second-order valence-electron chi connectivity index (χ2n) is 6.82. The summed E-state index contributed by atoms with van der Waals surface area (Å²) in [5, 5.41) is 8.03. The molecule has 0 saturated carbocycles. The Kier molecular flexibility index (Phi) is 6.42. The number of nitrogens with zero attached hydrogens (tertiary/aromatic N) is 4. The van der Waals surface area contributed by atoms with Crippen LogP contribution in [-0.2, 0) is 11.0 Å². The van der Waals surface area contributed by atoms with Gasteiger partial charge in [0, 0.05) is 24.9 Å². The number of anilines is 5. The quantitative estimate of drug-likeness (QED) is 0.511. The molecule has 3 N–H and O–H groups in total. The van der Waals surface area contributed by atoms with E-state index in [0.717, 1.165) is 5.56 Å². The molecule has 32 heavy (non-hydrogen) atoms. The Morgan fingerprint density at radius 2 is 1.75 bits per heavy atom. The lowest BCUT2D eigenvalue weighted by Gasteiger charge is -2.17. The van der Waals surface area contributed by atoms with Gasteiger partial charge >= 0.3 is 12.2 Å². The van der Waals surface area contributed by atoms with E-state index in [2.05, 4.69) is 35.9 Å². The third-order valence-corrected chi connectivity index (χ3v) is 4.20. The molecule has 0 aliphatic heterocycles. The van der Waals surface area contributed by atoms with E-state index in [1.54, 1.807) is 32.0 Å². The maximum absolute atomic E-state index is 13.6. The van der Waals surface area contributed by atoms with E-state index in [4.69, 9.17) is 4.74 Å².